The van der Waals surface area contributed by atoms with Gasteiger partial charge >= 0.3 is 0 Å². The summed E-state index contributed by atoms with van der Waals surface area (Å²) in [6.45, 7) is 4.36. The maximum Gasteiger partial charge on any atom is 0.0568 e. The molecule has 0 saturated heterocycles. The lowest BCUT2D eigenvalue weighted by Gasteiger charge is -2.23. The Morgan fingerprint density at radius 3 is 2.53 bits per heavy atom. The minimum atomic E-state index is 0.668. The van der Waals surface area contributed by atoms with E-state index < -0.39 is 0 Å². The summed E-state index contributed by atoms with van der Waals surface area (Å²) in [5.74, 6) is 0.892. The Balaban J connectivity index is 2.13. The van der Waals surface area contributed by atoms with Crippen molar-refractivity contribution in [3.63, 3.8) is 0 Å². The molecule has 0 amide bonds. The third-order valence-corrected chi connectivity index (χ3v) is 2.99. The van der Waals surface area contributed by atoms with Crippen molar-refractivity contribution in [3.05, 3.63) is 18.2 Å². The minimum Gasteiger partial charge on any atom is -0.397 e. The molecule has 82 valence electrons. The first-order chi connectivity index (χ1) is 7.20. The summed E-state index contributed by atoms with van der Waals surface area (Å²) >= 11 is 0. The molecule has 0 unspecified atom stereocenters. The van der Waals surface area contributed by atoms with Gasteiger partial charge in [0.25, 0.3) is 0 Å². The van der Waals surface area contributed by atoms with Gasteiger partial charge in [-0.25, -0.2) is 0 Å². The van der Waals surface area contributed by atoms with E-state index >= 15 is 0 Å². The topological polar surface area (TPSA) is 55.3 Å². The van der Waals surface area contributed by atoms with Crippen LogP contribution in [0.5, 0.6) is 0 Å². The molecular formula is C12H19N3. The van der Waals surface area contributed by atoms with Crippen LogP contribution in [0, 0.1) is 5.92 Å². The van der Waals surface area contributed by atoms with Crippen LogP contribution >= 0.6 is 0 Å². The van der Waals surface area contributed by atoms with Crippen molar-refractivity contribution in [2.45, 2.75) is 19.8 Å². The maximum absolute atomic E-state index is 5.81. The second-order valence-electron chi connectivity index (χ2n) is 4.30. The number of rotatable bonds is 4. The Morgan fingerprint density at radius 2 is 2.00 bits per heavy atom. The van der Waals surface area contributed by atoms with E-state index in [0.29, 0.717) is 11.4 Å². The Bertz CT molecular complexity index is 345. The highest BCUT2D eigenvalue weighted by Gasteiger charge is 2.23. The van der Waals surface area contributed by atoms with Crippen LogP contribution in [-0.2, 0) is 0 Å². The highest BCUT2D eigenvalue weighted by molar-refractivity contribution is 5.69. The first-order valence-corrected chi connectivity index (χ1v) is 5.60. The number of nitrogens with two attached hydrogens (primary N) is 2. The van der Waals surface area contributed by atoms with E-state index in [4.69, 9.17) is 11.5 Å². The number of hydrogen-bond acceptors (Lipinski definition) is 3. The van der Waals surface area contributed by atoms with Crippen LogP contribution in [0.1, 0.15) is 19.8 Å². The van der Waals surface area contributed by atoms with Gasteiger partial charge in [-0.15, -0.1) is 0 Å². The Morgan fingerprint density at radius 1 is 1.27 bits per heavy atom. The van der Waals surface area contributed by atoms with Crippen LogP contribution < -0.4 is 16.4 Å². The molecule has 1 aliphatic carbocycles. The van der Waals surface area contributed by atoms with E-state index in [2.05, 4.69) is 17.9 Å². The molecule has 1 fully saturated rings. The lowest BCUT2D eigenvalue weighted by atomic mass is 10.2. The third-order valence-electron chi connectivity index (χ3n) is 2.99. The molecule has 0 aliphatic heterocycles. The standard InChI is InChI=1S/C12H19N3/c1-2-15(8-9-3-4-9)10-5-6-11(13)12(14)7-10/h5-7,9H,2-4,8,13-14H2,1H3. The molecule has 1 saturated carbocycles. The van der Waals surface area contributed by atoms with Gasteiger partial charge in [0, 0.05) is 18.8 Å². The number of nitrogen functional groups attached to an aromatic ring is 2. The van der Waals surface area contributed by atoms with Crippen LogP contribution in [0.15, 0.2) is 18.2 Å². The summed E-state index contributed by atoms with van der Waals surface area (Å²) in [7, 11) is 0. The number of benzene rings is 1. The predicted molar refractivity (Wildman–Crippen MR) is 65.9 cm³/mol. The van der Waals surface area contributed by atoms with E-state index in [9.17, 15) is 0 Å². The van der Waals surface area contributed by atoms with E-state index in [0.717, 1.165) is 19.0 Å². The van der Waals surface area contributed by atoms with Crippen LogP contribution in [0.25, 0.3) is 0 Å². The summed E-state index contributed by atoms with van der Waals surface area (Å²) in [4.78, 5) is 2.37. The zero-order chi connectivity index (χ0) is 10.8. The molecule has 0 spiro atoms. The van der Waals surface area contributed by atoms with Crippen LogP contribution in [0.4, 0.5) is 17.1 Å². The lowest BCUT2D eigenvalue weighted by Crippen LogP contribution is -2.25. The van der Waals surface area contributed by atoms with Gasteiger partial charge in [-0.3, -0.25) is 0 Å². The quantitative estimate of drug-likeness (QED) is 0.740. The van der Waals surface area contributed by atoms with Gasteiger partial charge in [0.05, 0.1) is 11.4 Å². The molecule has 15 heavy (non-hydrogen) atoms. The van der Waals surface area contributed by atoms with Crippen LogP contribution in [-0.4, -0.2) is 13.1 Å². The molecular weight excluding hydrogens is 186 g/mol. The second-order valence-corrected chi connectivity index (χ2v) is 4.30. The molecule has 1 aromatic rings. The normalized spacial score (nSPS) is 15.3. The van der Waals surface area contributed by atoms with Crippen molar-refractivity contribution >= 4 is 17.1 Å². The van der Waals surface area contributed by atoms with Gasteiger partial charge in [0.2, 0.25) is 0 Å². The molecule has 4 N–H and O–H groups in total. The highest BCUT2D eigenvalue weighted by Crippen LogP contribution is 2.32. The summed E-state index contributed by atoms with van der Waals surface area (Å²) in [6, 6.07) is 5.92. The van der Waals surface area contributed by atoms with Gasteiger partial charge in [-0.1, -0.05) is 0 Å². The minimum absolute atomic E-state index is 0.668. The smallest absolute Gasteiger partial charge is 0.0568 e. The fourth-order valence-corrected chi connectivity index (χ4v) is 1.79. The number of anilines is 3. The van der Waals surface area contributed by atoms with E-state index in [-0.39, 0.29) is 0 Å². The second kappa shape index (κ2) is 4.01. The Hall–Kier alpha value is -1.38. The van der Waals surface area contributed by atoms with Gasteiger partial charge in [-0.05, 0) is 43.9 Å². The van der Waals surface area contributed by atoms with Crippen molar-refractivity contribution in [2.75, 3.05) is 29.5 Å². The van der Waals surface area contributed by atoms with E-state index in [1.165, 1.54) is 18.5 Å². The van der Waals surface area contributed by atoms with Crippen molar-refractivity contribution in [1.82, 2.24) is 0 Å². The van der Waals surface area contributed by atoms with Gasteiger partial charge < -0.3 is 16.4 Å². The molecule has 1 aliphatic rings. The zero-order valence-electron chi connectivity index (χ0n) is 9.24. The number of nitrogens with zero attached hydrogens (tertiary/aromatic N) is 1. The molecule has 1 aromatic carbocycles. The monoisotopic (exact) mass is 205 g/mol. The molecule has 0 radical (unpaired) electrons. The lowest BCUT2D eigenvalue weighted by molar-refractivity contribution is 0.742. The predicted octanol–water partition coefficient (Wildman–Crippen LogP) is 2.09. The van der Waals surface area contributed by atoms with Gasteiger partial charge in [0.15, 0.2) is 0 Å². The molecule has 0 atom stereocenters. The summed E-state index contributed by atoms with van der Waals surface area (Å²) in [5.41, 5.74) is 14.0. The average Bonchev–Trinajstić information content (AvgIpc) is 3.02. The van der Waals surface area contributed by atoms with Crippen molar-refractivity contribution in [1.29, 1.82) is 0 Å². The molecule has 0 aromatic heterocycles. The van der Waals surface area contributed by atoms with Crippen molar-refractivity contribution < 1.29 is 0 Å². The summed E-state index contributed by atoms with van der Waals surface area (Å²) < 4.78 is 0. The fourth-order valence-electron chi connectivity index (χ4n) is 1.79. The molecule has 3 heteroatoms. The van der Waals surface area contributed by atoms with Crippen LogP contribution in [0.2, 0.25) is 0 Å². The molecule has 2 rings (SSSR count). The molecule has 0 heterocycles. The summed E-state index contributed by atoms with van der Waals surface area (Å²) in [6.07, 6.45) is 2.75. The number of hydrogen-bond donors (Lipinski definition) is 2. The van der Waals surface area contributed by atoms with E-state index in [1.54, 1.807) is 0 Å². The first-order valence-electron chi connectivity index (χ1n) is 5.60. The highest BCUT2D eigenvalue weighted by atomic mass is 15.1. The van der Waals surface area contributed by atoms with Crippen molar-refractivity contribution in [2.24, 2.45) is 5.92 Å². The Labute approximate surface area is 91.1 Å². The maximum atomic E-state index is 5.81. The van der Waals surface area contributed by atoms with Crippen LogP contribution in [0.3, 0.4) is 0 Å². The molecule has 0 bridgehead atoms. The molecule has 3 nitrogen and oxygen atoms in total. The first kappa shape index (κ1) is 10.1. The third kappa shape index (κ3) is 2.35. The Kier molecular flexibility index (Phi) is 2.71. The fraction of sp³-hybridized carbons (Fsp3) is 0.500. The summed E-state index contributed by atoms with van der Waals surface area (Å²) in [5, 5.41) is 0. The SMILES string of the molecule is CCN(CC1CC1)c1ccc(N)c(N)c1. The largest absolute Gasteiger partial charge is 0.397 e. The van der Waals surface area contributed by atoms with Gasteiger partial charge in [-0.2, -0.15) is 0 Å². The van der Waals surface area contributed by atoms with Crippen molar-refractivity contribution in [3.8, 4) is 0 Å². The zero-order valence-corrected chi connectivity index (χ0v) is 9.24. The average molecular weight is 205 g/mol. The van der Waals surface area contributed by atoms with Gasteiger partial charge in [0.1, 0.15) is 0 Å². The van der Waals surface area contributed by atoms with E-state index in [1.807, 2.05) is 12.1 Å².